The molecule has 0 amide bonds. The van der Waals surface area contributed by atoms with Crippen molar-refractivity contribution >= 4 is 0 Å². The maximum absolute atomic E-state index is 9.97. The average Bonchev–Trinajstić information content (AvgIpc) is 2.89. The molecule has 5 nitrogen and oxygen atoms in total. The average molecular weight is 302 g/mol. The molecule has 0 atom stereocenters. The summed E-state index contributed by atoms with van der Waals surface area (Å²) in [4.78, 5) is 9.01. The third kappa shape index (κ3) is 3.05. The summed E-state index contributed by atoms with van der Waals surface area (Å²) in [5, 5.41) is 9.97. The molecule has 0 aromatic carbocycles. The Morgan fingerprint density at radius 2 is 1.95 bits per heavy atom. The lowest BCUT2D eigenvalue weighted by atomic mass is 10.0. The van der Waals surface area contributed by atoms with E-state index in [-0.39, 0.29) is 0 Å². The first-order valence-corrected chi connectivity index (χ1v) is 7.69. The molecule has 0 bridgehead atoms. The van der Waals surface area contributed by atoms with Crippen LogP contribution in [0.3, 0.4) is 0 Å². The fourth-order valence-corrected chi connectivity index (χ4v) is 2.70. The molecule has 0 saturated carbocycles. The Kier molecular flexibility index (Phi) is 4.02. The van der Waals surface area contributed by atoms with Crippen LogP contribution in [0.25, 0.3) is 11.3 Å². The molecule has 2 aromatic rings. The zero-order valence-corrected chi connectivity index (χ0v) is 13.3. The van der Waals surface area contributed by atoms with E-state index in [1.54, 1.807) is 20.0 Å². The molecule has 1 N–H and O–H groups in total. The number of oxazole rings is 1. The Hall–Kier alpha value is -1.72. The second-order valence-corrected chi connectivity index (χ2v) is 6.33. The second-order valence-electron chi connectivity index (χ2n) is 6.33. The first-order chi connectivity index (χ1) is 10.4. The van der Waals surface area contributed by atoms with Crippen molar-refractivity contribution in [3.63, 3.8) is 0 Å². The van der Waals surface area contributed by atoms with E-state index >= 15 is 0 Å². The summed E-state index contributed by atoms with van der Waals surface area (Å²) in [6.07, 6.45) is 3.65. The van der Waals surface area contributed by atoms with Gasteiger partial charge < -0.3 is 14.3 Å². The first-order valence-electron chi connectivity index (χ1n) is 7.69. The number of pyridine rings is 1. The van der Waals surface area contributed by atoms with Gasteiger partial charge in [0, 0.05) is 30.9 Å². The second kappa shape index (κ2) is 5.82. The van der Waals surface area contributed by atoms with Gasteiger partial charge in [0.1, 0.15) is 17.1 Å². The quantitative estimate of drug-likeness (QED) is 0.943. The van der Waals surface area contributed by atoms with Gasteiger partial charge in [-0.15, -0.1) is 0 Å². The van der Waals surface area contributed by atoms with Crippen LogP contribution in [0, 0.1) is 6.92 Å². The van der Waals surface area contributed by atoms with Crippen molar-refractivity contribution in [1.29, 1.82) is 0 Å². The maximum Gasteiger partial charge on any atom is 0.198 e. The van der Waals surface area contributed by atoms with Crippen LogP contribution in [0.1, 0.15) is 50.0 Å². The molecule has 1 saturated heterocycles. The largest absolute Gasteiger partial charge is 0.445 e. The lowest BCUT2D eigenvalue weighted by Gasteiger charge is -2.18. The molecular formula is C17H22N2O3. The van der Waals surface area contributed by atoms with Gasteiger partial charge in [0.25, 0.3) is 0 Å². The van der Waals surface area contributed by atoms with Gasteiger partial charge in [0.2, 0.25) is 0 Å². The van der Waals surface area contributed by atoms with Gasteiger partial charge in [-0.2, -0.15) is 0 Å². The number of hydrogen-bond donors (Lipinski definition) is 1. The van der Waals surface area contributed by atoms with Crippen LogP contribution in [-0.2, 0) is 10.3 Å². The highest BCUT2D eigenvalue weighted by atomic mass is 16.5. The first kappa shape index (κ1) is 15.2. The van der Waals surface area contributed by atoms with E-state index in [0.717, 1.165) is 49.0 Å². The van der Waals surface area contributed by atoms with Gasteiger partial charge in [-0.1, -0.05) is 0 Å². The summed E-state index contributed by atoms with van der Waals surface area (Å²) < 4.78 is 11.2. The minimum absolute atomic E-state index is 0.338. The monoisotopic (exact) mass is 302 g/mol. The molecular weight excluding hydrogens is 280 g/mol. The van der Waals surface area contributed by atoms with Crippen molar-refractivity contribution in [2.75, 3.05) is 13.2 Å². The number of rotatable bonds is 3. The van der Waals surface area contributed by atoms with Gasteiger partial charge in [0.15, 0.2) is 5.89 Å². The van der Waals surface area contributed by atoms with E-state index < -0.39 is 5.60 Å². The van der Waals surface area contributed by atoms with Gasteiger partial charge in [-0.25, -0.2) is 4.98 Å². The molecule has 0 unspecified atom stereocenters. The predicted octanol–water partition coefficient (Wildman–Crippen LogP) is 3.17. The number of aryl methyl sites for hydroxylation is 1. The van der Waals surface area contributed by atoms with E-state index in [4.69, 9.17) is 9.15 Å². The van der Waals surface area contributed by atoms with Crippen molar-refractivity contribution in [2.45, 2.75) is 45.1 Å². The van der Waals surface area contributed by atoms with Gasteiger partial charge in [0.05, 0.1) is 5.69 Å². The number of ether oxygens (including phenoxy) is 1. The Bertz CT molecular complexity index is 635. The minimum Gasteiger partial charge on any atom is -0.445 e. The van der Waals surface area contributed by atoms with E-state index in [2.05, 4.69) is 9.97 Å². The summed E-state index contributed by atoms with van der Waals surface area (Å²) in [6, 6.07) is 3.76. The van der Waals surface area contributed by atoms with Gasteiger partial charge in [-0.3, -0.25) is 4.98 Å². The summed E-state index contributed by atoms with van der Waals surface area (Å²) in [7, 11) is 0. The molecule has 0 aliphatic carbocycles. The number of aliphatic hydroxyl groups is 1. The van der Waals surface area contributed by atoms with E-state index in [1.165, 1.54) is 0 Å². The van der Waals surface area contributed by atoms with Crippen LogP contribution in [0.4, 0.5) is 0 Å². The van der Waals surface area contributed by atoms with Crippen LogP contribution < -0.4 is 0 Å². The molecule has 2 aromatic heterocycles. The topological polar surface area (TPSA) is 68.4 Å². The SMILES string of the molecule is Cc1oc(C2CCOCC2)nc1-c1ccc(C(C)(C)O)nc1. The third-order valence-corrected chi connectivity index (χ3v) is 4.05. The molecule has 1 aliphatic rings. The van der Waals surface area contributed by atoms with E-state index in [9.17, 15) is 5.11 Å². The molecule has 1 fully saturated rings. The maximum atomic E-state index is 9.97. The summed E-state index contributed by atoms with van der Waals surface area (Å²) >= 11 is 0. The summed E-state index contributed by atoms with van der Waals surface area (Å²) in [5.74, 6) is 1.94. The van der Waals surface area contributed by atoms with Crippen molar-refractivity contribution < 1.29 is 14.3 Å². The predicted molar refractivity (Wildman–Crippen MR) is 82.5 cm³/mol. The zero-order valence-electron chi connectivity index (χ0n) is 13.3. The highest BCUT2D eigenvalue weighted by Gasteiger charge is 2.23. The number of hydrogen-bond acceptors (Lipinski definition) is 5. The van der Waals surface area contributed by atoms with Crippen LogP contribution in [0.2, 0.25) is 0 Å². The molecule has 3 rings (SSSR count). The smallest absolute Gasteiger partial charge is 0.198 e. The molecule has 0 spiro atoms. The van der Waals surface area contributed by atoms with E-state index in [1.807, 2.05) is 19.1 Å². The van der Waals surface area contributed by atoms with Gasteiger partial charge >= 0.3 is 0 Å². The van der Waals surface area contributed by atoms with Crippen molar-refractivity contribution in [2.24, 2.45) is 0 Å². The summed E-state index contributed by atoms with van der Waals surface area (Å²) in [6.45, 7) is 6.90. The Morgan fingerprint density at radius 1 is 1.23 bits per heavy atom. The molecule has 3 heterocycles. The molecule has 0 radical (unpaired) electrons. The van der Waals surface area contributed by atoms with Crippen molar-refractivity contribution in [3.8, 4) is 11.3 Å². The fourth-order valence-electron chi connectivity index (χ4n) is 2.70. The highest BCUT2D eigenvalue weighted by molar-refractivity contribution is 5.60. The zero-order chi connectivity index (χ0) is 15.7. The number of nitrogens with zero attached hydrogens (tertiary/aromatic N) is 2. The van der Waals surface area contributed by atoms with E-state index in [0.29, 0.717) is 11.6 Å². The Balaban J connectivity index is 1.87. The van der Waals surface area contributed by atoms with Crippen LogP contribution in [0.15, 0.2) is 22.7 Å². The normalized spacial score (nSPS) is 16.9. The third-order valence-electron chi connectivity index (χ3n) is 4.05. The molecule has 22 heavy (non-hydrogen) atoms. The standard InChI is InChI=1S/C17H22N2O3/c1-11-15(13-4-5-14(18-10-13)17(2,3)20)19-16(22-11)12-6-8-21-9-7-12/h4-5,10,12,20H,6-9H2,1-3H3. The van der Waals surface area contributed by atoms with Crippen LogP contribution in [-0.4, -0.2) is 28.3 Å². The molecule has 1 aliphatic heterocycles. The minimum atomic E-state index is -0.940. The van der Waals surface area contributed by atoms with Gasteiger partial charge in [-0.05, 0) is 45.7 Å². The Morgan fingerprint density at radius 3 is 2.55 bits per heavy atom. The van der Waals surface area contributed by atoms with Crippen LogP contribution in [0.5, 0.6) is 0 Å². The number of aromatic nitrogens is 2. The summed E-state index contributed by atoms with van der Waals surface area (Å²) in [5.41, 5.74) is 1.44. The Labute approximate surface area is 130 Å². The molecule has 5 heteroatoms. The highest BCUT2D eigenvalue weighted by Crippen LogP contribution is 2.31. The van der Waals surface area contributed by atoms with Crippen molar-refractivity contribution in [1.82, 2.24) is 9.97 Å². The van der Waals surface area contributed by atoms with Crippen molar-refractivity contribution in [3.05, 3.63) is 35.7 Å². The molecule has 118 valence electrons. The fraction of sp³-hybridized carbons (Fsp3) is 0.529. The van der Waals surface area contributed by atoms with Crippen LogP contribution >= 0.6 is 0 Å². The lowest BCUT2D eigenvalue weighted by molar-refractivity contribution is 0.0739. The lowest BCUT2D eigenvalue weighted by Crippen LogP contribution is -2.17.